The van der Waals surface area contributed by atoms with Crippen LogP contribution >= 0.6 is 15.9 Å². The molecule has 4 bridgehead atoms. The lowest BCUT2D eigenvalue weighted by molar-refractivity contribution is -0.151. The van der Waals surface area contributed by atoms with E-state index < -0.39 is 15.6 Å². The molecule has 0 saturated heterocycles. The Morgan fingerprint density at radius 1 is 1.10 bits per heavy atom. The van der Waals surface area contributed by atoms with Crippen LogP contribution in [-0.4, -0.2) is 25.6 Å². The topological polar surface area (TPSA) is 106 Å². The number of carbonyl (C=O) groups excluding carboxylic acids is 2. The standard InChI is InChI=1S/C22H27BrN2O4S/c23-17-3-1-2-4-18(17)30(28,29)25-22(5-6-22)19(26)9-16-14-7-13-8-15(16)12-21(10-13,11-14)20(24)27/h1-4,13-16,25H,5-12H2,(H2,24,27). The maximum absolute atomic E-state index is 13.3. The van der Waals surface area contributed by atoms with Gasteiger partial charge in [-0.1, -0.05) is 12.1 Å². The number of carbonyl (C=O) groups is 2. The van der Waals surface area contributed by atoms with Gasteiger partial charge in [-0.25, -0.2) is 8.42 Å². The van der Waals surface area contributed by atoms with Crippen LogP contribution in [0.25, 0.3) is 0 Å². The molecule has 5 fully saturated rings. The van der Waals surface area contributed by atoms with Crippen molar-refractivity contribution in [1.29, 1.82) is 0 Å². The second-order valence-electron chi connectivity index (χ2n) is 10.0. The van der Waals surface area contributed by atoms with Crippen LogP contribution in [0.1, 0.15) is 51.4 Å². The summed E-state index contributed by atoms with van der Waals surface area (Å²) in [5.74, 6) is 1.32. The number of sulfonamides is 1. The molecule has 5 saturated carbocycles. The predicted octanol–water partition coefficient (Wildman–Crippen LogP) is 3.15. The second-order valence-corrected chi connectivity index (χ2v) is 12.5. The number of amides is 1. The molecular formula is C22H27BrN2O4S. The highest BCUT2D eigenvalue weighted by Gasteiger charge is 2.60. The van der Waals surface area contributed by atoms with Crippen LogP contribution in [-0.2, 0) is 19.6 Å². The first kappa shape index (κ1) is 20.6. The van der Waals surface area contributed by atoms with Gasteiger partial charge in [0.05, 0.1) is 10.4 Å². The molecule has 1 aromatic carbocycles. The Morgan fingerprint density at radius 2 is 1.73 bits per heavy atom. The van der Waals surface area contributed by atoms with Gasteiger partial charge in [0.25, 0.3) is 0 Å². The van der Waals surface area contributed by atoms with Crippen LogP contribution < -0.4 is 10.5 Å². The molecule has 2 unspecified atom stereocenters. The van der Waals surface area contributed by atoms with E-state index in [2.05, 4.69) is 20.7 Å². The zero-order valence-corrected chi connectivity index (χ0v) is 19.2. The summed E-state index contributed by atoms with van der Waals surface area (Å²) < 4.78 is 29.0. The smallest absolute Gasteiger partial charge is 0.242 e. The molecule has 6 rings (SSSR count). The number of Topliss-reactive ketones (excluding diaryl/α,β-unsaturated/α-hetero) is 1. The van der Waals surface area contributed by atoms with Crippen molar-refractivity contribution in [1.82, 2.24) is 4.72 Å². The number of nitrogens with one attached hydrogen (secondary N) is 1. The number of nitrogens with two attached hydrogens (primary N) is 1. The van der Waals surface area contributed by atoms with Gasteiger partial charge in [0.15, 0.2) is 5.78 Å². The van der Waals surface area contributed by atoms with Gasteiger partial charge in [-0.15, -0.1) is 0 Å². The van der Waals surface area contributed by atoms with E-state index in [1.165, 1.54) is 6.07 Å². The van der Waals surface area contributed by atoms with E-state index in [9.17, 15) is 18.0 Å². The van der Waals surface area contributed by atoms with Crippen molar-refractivity contribution >= 4 is 37.6 Å². The molecule has 0 heterocycles. The first-order valence-electron chi connectivity index (χ1n) is 10.8. The van der Waals surface area contributed by atoms with Crippen molar-refractivity contribution in [2.24, 2.45) is 34.8 Å². The minimum atomic E-state index is -3.79. The molecule has 1 amide bonds. The Kier molecular flexibility index (Phi) is 4.73. The number of hydrogen-bond donors (Lipinski definition) is 2. The third-order valence-electron chi connectivity index (χ3n) is 8.15. The fourth-order valence-corrected chi connectivity index (χ4v) is 9.16. The van der Waals surface area contributed by atoms with E-state index in [0.29, 0.717) is 41.5 Å². The number of benzene rings is 1. The van der Waals surface area contributed by atoms with Crippen LogP contribution in [0, 0.1) is 29.1 Å². The van der Waals surface area contributed by atoms with Gasteiger partial charge in [0.1, 0.15) is 0 Å². The summed E-state index contributed by atoms with van der Waals surface area (Å²) >= 11 is 3.29. The number of hydrogen-bond acceptors (Lipinski definition) is 4. The molecule has 30 heavy (non-hydrogen) atoms. The minimum absolute atomic E-state index is 0.00345. The Bertz CT molecular complexity index is 1000. The highest BCUT2D eigenvalue weighted by Crippen LogP contribution is 2.63. The average Bonchev–Trinajstić information content (AvgIpc) is 3.44. The molecule has 8 heteroatoms. The van der Waals surface area contributed by atoms with Gasteiger partial charge in [-0.2, -0.15) is 4.72 Å². The number of primary amides is 1. The zero-order chi connectivity index (χ0) is 21.3. The van der Waals surface area contributed by atoms with E-state index in [1.54, 1.807) is 18.2 Å². The predicted molar refractivity (Wildman–Crippen MR) is 115 cm³/mol. The largest absolute Gasteiger partial charge is 0.369 e. The first-order chi connectivity index (χ1) is 14.1. The third kappa shape index (κ3) is 3.26. The van der Waals surface area contributed by atoms with E-state index in [1.807, 2.05) is 0 Å². The number of rotatable bonds is 7. The normalized spacial score (nSPS) is 35.9. The Hall–Kier alpha value is -1.25. The van der Waals surface area contributed by atoms with Crippen LogP contribution in [0.5, 0.6) is 0 Å². The highest BCUT2D eigenvalue weighted by atomic mass is 79.9. The van der Waals surface area contributed by atoms with E-state index in [4.69, 9.17) is 5.73 Å². The van der Waals surface area contributed by atoms with Crippen molar-refractivity contribution in [3.05, 3.63) is 28.7 Å². The van der Waals surface area contributed by atoms with Crippen molar-refractivity contribution in [2.75, 3.05) is 0 Å². The molecule has 162 valence electrons. The molecule has 1 aromatic rings. The SMILES string of the molecule is NC(=O)C12CC3CC(C1)C(CC(=O)C1(NS(=O)(=O)c4ccccc4Br)CC1)C(C3)C2. The van der Waals surface area contributed by atoms with Crippen LogP contribution in [0.3, 0.4) is 0 Å². The van der Waals surface area contributed by atoms with Gasteiger partial charge < -0.3 is 5.73 Å². The molecule has 2 atom stereocenters. The van der Waals surface area contributed by atoms with Crippen molar-refractivity contribution in [3.8, 4) is 0 Å². The van der Waals surface area contributed by atoms with Crippen LogP contribution in [0.2, 0.25) is 0 Å². The molecule has 5 aliphatic carbocycles. The lowest BCUT2D eigenvalue weighted by Crippen LogP contribution is -2.56. The van der Waals surface area contributed by atoms with E-state index in [-0.39, 0.29) is 27.9 Å². The summed E-state index contributed by atoms with van der Waals surface area (Å²) in [6, 6.07) is 6.64. The highest BCUT2D eigenvalue weighted by molar-refractivity contribution is 9.10. The molecule has 6 nitrogen and oxygen atoms in total. The van der Waals surface area contributed by atoms with Gasteiger partial charge >= 0.3 is 0 Å². The summed E-state index contributed by atoms with van der Waals surface area (Å²) in [6.07, 6.45) is 6.13. The van der Waals surface area contributed by atoms with Crippen molar-refractivity contribution < 1.29 is 18.0 Å². The summed E-state index contributed by atoms with van der Waals surface area (Å²) in [4.78, 5) is 25.6. The third-order valence-corrected chi connectivity index (χ3v) is 10.7. The Balaban J connectivity index is 1.32. The van der Waals surface area contributed by atoms with Gasteiger partial charge in [0, 0.05) is 16.3 Å². The van der Waals surface area contributed by atoms with E-state index >= 15 is 0 Å². The number of ketones is 1. The summed E-state index contributed by atoms with van der Waals surface area (Å²) in [6.45, 7) is 0. The summed E-state index contributed by atoms with van der Waals surface area (Å²) in [7, 11) is -3.79. The minimum Gasteiger partial charge on any atom is -0.369 e. The summed E-state index contributed by atoms with van der Waals surface area (Å²) in [5.41, 5.74) is 4.43. The molecule has 0 radical (unpaired) electrons. The lowest BCUT2D eigenvalue weighted by atomic mass is 9.45. The maximum Gasteiger partial charge on any atom is 0.242 e. The molecule has 0 aliphatic heterocycles. The van der Waals surface area contributed by atoms with Gasteiger partial charge in [-0.3, -0.25) is 9.59 Å². The summed E-state index contributed by atoms with van der Waals surface area (Å²) in [5, 5.41) is 0. The molecule has 3 N–H and O–H groups in total. The first-order valence-corrected chi connectivity index (χ1v) is 13.0. The Morgan fingerprint density at radius 3 is 2.30 bits per heavy atom. The van der Waals surface area contributed by atoms with Crippen molar-refractivity contribution in [2.45, 2.75) is 61.8 Å². The van der Waals surface area contributed by atoms with E-state index in [0.717, 1.165) is 32.1 Å². The monoisotopic (exact) mass is 494 g/mol. The number of halogens is 1. The molecule has 5 aliphatic rings. The molecule has 0 spiro atoms. The molecule has 0 aromatic heterocycles. The lowest BCUT2D eigenvalue weighted by Gasteiger charge is -2.59. The van der Waals surface area contributed by atoms with Crippen LogP contribution in [0.15, 0.2) is 33.6 Å². The van der Waals surface area contributed by atoms with Gasteiger partial charge in [-0.05, 0) is 96.7 Å². The maximum atomic E-state index is 13.3. The molecular weight excluding hydrogens is 468 g/mol. The van der Waals surface area contributed by atoms with Gasteiger partial charge in [0.2, 0.25) is 15.9 Å². The fourth-order valence-electron chi connectivity index (χ4n) is 6.71. The zero-order valence-electron chi connectivity index (χ0n) is 16.8. The average molecular weight is 495 g/mol. The fraction of sp³-hybridized carbons (Fsp3) is 0.636. The second kappa shape index (κ2) is 6.87. The van der Waals surface area contributed by atoms with Crippen molar-refractivity contribution in [3.63, 3.8) is 0 Å². The van der Waals surface area contributed by atoms with Crippen LogP contribution in [0.4, 0.5) is 0 Å². The quantitative estimate of drug-likeness (QED) is 0.606. The Labute approximate surface area is 185 Å².